The summed E-state index contributed by atoms with van der Waals surface area (Å²) in [4.78, 5) is 4.23. The molecule has 2 aromatic rings. The number of pyridine rings is 1. The van der Waals surface area contributed by atoms with Gasteiger partial charge in [0.05, 0.1) is 6.07 Å². The van der Waals surface area contributed by atoms with E-state index in [0.29, 0.717) is 5.75 Å². The van der Waals surface area contributed by atoms with Crippen molar-refractivity contribution in [2.75, 3.05) is 6.61 Å². The van der Waals surface area contributed by atoms with E-state index >= 15 is 0 Å². The lowest BCUT2D eigenvalue weighted by Gasteiger charge is -2.08. The Hall–Kier alpha value is -1.79. The third-order valence-corrected chi connectivity index (χ3v) is 2.34. The average molecular weight is 233 g/mol. The van der Waals surface area contributed by atoms with Crippen molar-refractivity contribution in [2.24, 2.45) is 0 Å². The number of para-hydroxylation sites is 1. The monoisotopic (exact) mass is 232 g/mol. The van der Waals surface area contributed by atoms with Gasteiger partial charge in [-0.1, -0.05) is 18.2 Å². The maximum Gasteiger partial charge on any atom is 0.154 e. The first kappa shape index (κ1) is 10.7. The average Bonchev–Trinajstić information content (AvgIpc) is 2.35. The zero-order valence-electron chi connectivity index (χ0n) is 8.43. The molecule has 0 fully saturated rings. The van der Waals surface area contributed by atoms with Gasteiger partial charge < -0.3 is 4.74 Å². The van der Waals surface area contributed by atoms with Crippen LogP contribution in [0.4, 0.5) is 0 Å². The zero-order valence-corrected chi connectivity index (χ0v) is 9.19. The maximum absolute atomic E-state index is 8.55. The molecule has 0 saturated heterocycles. The minimum absolute atomic E-state index is 0.160. The number of benzene rings is 1. The Balaban J connectivity index is 2.28. The highest BCUT2D eigenvalue weighted by Gasteiger charge is 2.06. The molecule has 2 rings (SSSR count). The molecule has 4 heteroatoms. The minimum Gasteiger partial charge on any atom is -0.489 e. The van der Waals surface area contributed by atoms with Crippen molar-refractivity contribution < 1.29 is 4.74 Å². The molecule has 0 N–H and O–H groups in total. The molecule has 16 heavy (non-hydrogen) atoms. The summed E-state index contributed by atoms with van der Waals surface area (Å²) < 4.78 is 5.46. The summed E-state index contributed by atoms with van der Waals surface area (Å²) in [5, 5.41) is 8.91. The molecule has 0 bridgehead atoms. The van der Waals surface area contributed by atoms with Gasteiger partial charge in [0.25, 0.3) is 0 Å². The molecule has 1 heterocycles. The van der Waals surface area contributed by atoms with Gasteiger partial charge in [-0.25, -0.2) is 0 Å². The first-order chi connectivity index (χ1) is 7.81. The normalized spacial score (nSPS) is 12.0. The van der Waals surface area contributed by atoms with Crippen molar-refractivity contribution in [3.8, 4) is 11.8 Å². The second kappa shape index (κ2) is 4.82. The molecular formula is C12H9ClN2O. The molecule has 0 spiro atoms. The predicted molar refractivity (Wildman–Crippen MR) is 62.5 cm³/mol. The highest BCUT2D eigenvalue weighted by molar-refractivity contribution is 6.22. The molecule has 0 saturated carbocycles. The van der Waals surface area contributed by atoms with E-state index in [2.05, 4.69) is 4.98 Å². The van der Waals surface area contributed by atoms with Crippen molar-refractivity contribution in [1.29, 1.82) is 5.26 Å². The smallest absolute Gasteiger partial charge is 0.154 e. The molecule has 1 aromatic heterocycles. The molecule has 0 aliphatic carbocycles. The van der Waals surface area contributed by atoms with Crippen LogP contribution in [0.1, 0.15) is 0 Å². The molecule has 1 atom stereocenters. The Labute approximate surface area is 98.2 Å². The molecule has 0 amide bonds. The number of hydrogen-bond acceptors (Lipinski definition) is 3. The summed E-state index contributed by atoms with van der Waals surface area (Å²) in [6, 6.07) is 11.4. The van der Waals surface area contributed by atoms with Gasteiger partial charge in [0.15, 0.2) is 5.38 Å². The van der Waals surface area contributed by atoms with Gasteiger partial charge >= 0.3 is 0 Å². The summed E-state index contributed by atoms with van der Waals surface area (Å²) >= 11 is 5.66. The van der Waals surface area contributed by atoms with Crippen LogP contribution in [0.2, 0.25) is 0 Å². The second-order valence-electron chi connectivity index (χ2n) is 3.24. The van der Waals surface area contributed by atoms with E-state index in [-0.39, 0.29) is 6.61 Å². The van der Waals surface area contributed by atoms with E-state index in [4.69, 9.17) is 21.6 Å². The van der Waals surface area contributed by atoms with E-state index in [9.17, 15) is 0 Å². The van der Waals surface area contributed by atoms with Gasteiger partial charge in [-0.05, 0) is 12.1 Å². The Kier molecular flexibility index (Phi) is 3.23. The topological polar surface area (TPSA) is 45.9 Å². The molecule has 0 aliphatic heterocycles. The van der Waals surface area contributed by atoms with Crippen LogP contribution >= 0.6 is 11.6 Å². The Bertz CT molecular complexity index is 531. The number of hydrogen-bond donors (Lipinski definition) is 0. The van der Waals surface area contributed by atoms with Crippen molar-refractivity contribution in [3.63, 3.8) is 0 Å². The van der Waals surface area contributed by atoms with Gasteiger partial charge in [-0.2, -0.15) is 5.26 Å². The van der Waals surface area contributed by atoms with Gasteiger partial charge in [-0.3, -0.25) is 4.98 Å². The van der Waals surface area contributed by atoms with Gasteiger partial charge in [0.2, 0.25) is 0 Å². The fraction of sp³-hybridized carbons (Fsp3) is 0.167. The number of aromatic nitrogens is 1. The van der Waals surface area contributed by atoms with E-state index in [1.807, 2.05) is 36.4 Å². The molecule has 3 nitrogen and oxygen atoms in total. The number of nitrogens with zero attached hydrogens (tertiary/aromatic N) is 2. The van der Waals surface area contributed by atoms with E-state index < -0.39 is 5.38 Å². The lowest BCUT2D eigenvalue weighted by atomic mass is 10.2. The summed E-state index contributed by atoms with van der Waals surface area (Å²) in [6.45, 7) is 0.160. The second-order valence-corrected chi connectivity index (χ2v) is 3.77. The van der Waals surface area contributed by atoms with Crippen LogP contribution in [0.5, 0.6) is 5.75 Å². The Morgan fingerprint density at radius 3 is 3.00 bits per heavy atom. The third kappa shape index (κ3) is 2.23. The maximum atomic E-state index is 8.55. The van der Waals surface area contributed by atoms with Crippen LogP contribution in [0.15, 0.2) is 36.5 Å². The molecule has 1 unspecified atom stereocenters. The van der Waals surface area contributed by atoms with Crippen LogP contribution in [-0.4, -0.2) is 17.0 Å². The Morgan fingerprint density at radius 2 is 2.19 bits per heavy atom. The van der Waals surface area contributed by atoms with Crippen LogP contribution in [0, 0.1) is 11.3 Å². The van der Waals surface area contributed by atoms with Crippen molar-refractivity contribution in [1.82, 2.24) is 4.98 Å². The van der Waals surface area contributed by atoms with Gasteiger partial charge in [0.1, 0.15) is 17.9 Å². The number of halogens is 1. The highest BCUT2D eigenvalue weighted by atomic mass is 35.5. The van der Waals surface area contributed by atoms with E-state index in [1.165, 1.54) is 0 Å². The van der Waals surface area contributed by atoms with Gasteiger partial charge in [-0.15, -0.1) is 11.6 Å². The SMILES string of the molecule is N#CC(Cl)COc1cccc2cccnc12. The summed E-state index contributed by atoms with van der Waals surface area (Å²) in [5.41, 5.74) is 0.784. The fourth-order valence-corrected chi connectivity index (χ4v) is 1.46. The number of ether oxygens (including phenoxy) is 1. The standard InChI is InChI=1S/C12H9ClN2O/c13-10(7-14)8-16-11-5-1-3-9-4-2-6-15-12(9)11/h1-6,10H,8H2. The summed E-state index contributed by atoms with van der Waals surface area (Å²) in [5.74, 6) is 0.652. The van der Waals surface area contributed by atoms with Crippen LogP contribution in [0.25, 0.3) is 10.9 Å². The number of fused-ring (bicyclic) bond motifs is 1. The van der Waals surface area contributed by atoms with Crippen LogP contribution in [0.3, 0.4) is 0 Å². The van der Waals surface area contributed by atoms with E-state index in [1.54, 1.807) is 6.20 Å². The summed E-state index contributed by atoms with van der Waals surface area (Å²) in [6.07, 6.45) is 1.71. The van der Waals surface area contributed by atoms with Crippen LogP contribution in [-0.2, 0) is 0 Å². The number of alkyl halides is 1. The fourth-order valence-electron chi connectivity index (χ4n) is 1.39. The molecule has 1 aromatic carbocycles. The zero-order chi connectivity index (χ0) is 11.4. The first-order valence-corrected chi connectivity index (χ1v) is 5.25. The lowest BCUT2D eigenvalue weighted by molar-refractivity contribution is 0.332. The lowest BCUT2D eigenvalue weighted by Crippen LogP contribution is -2.09. The van der Waals surface area contributed by atoms with Crippen molar-refractivity contribution in [2.45, 2.75) is 5.38 Å². The predicted octanol–water partition coefficient (Wildman–Crippen LogP) is 2.74. The number of rotatable bonds is 3. The first-order valence-electron chi connectivity index (χ1n) is 4.81. The quantitative estimate of drug-likeness (QED) is 0.765. The highest BCUT2D eigenvalue weighted by Crippen LogP contribution is 2.23. The van der Waals surface area contributed by atoms with Crippen molar-refractivity contribution >= 4 is 22.5 Å². The van der Waals surface area contributed by atoms with E-state index in [0.717, 1.165) is 10.9 Å². The molecule has 80 valence electrons. The Morgan fingerprint density at radius 1 is 1.38 bits per heavy atom. The van der Waals surface area contributed by atoms with Crippen molar-refractivity contribution in [3.05, 3.63) is 36.5 Å². The molecule has 0 aliphatic rings. The molecule has 0 radical (unpaired) electrons. The van der Waals surface area contributed by atoms with Crippen LogP contribution < -0.4 is 4.74 Å². The third-order valence-electron chi connectivity index (χ3n) is 2.12. The van der Waals surface area contributed by atoms with Gasteiger partial charge in [0, 0.05) is 11.6 Å². The number of nitriles is 1. The summed E-state index contributed by atoms with van der Waals surface area (Å²) in [7, 11) is 0. The largest absolute Gasteiger partial charge is 0.489 e. The minimum atomic E-state index is -0.640. The molecular weight excluding hydrogens is 224 g/mol.